The molecule has 2 heterocycles. The third kappa shape index (κ3) is 4.13. The maximum Gasteiger partial charge on any atom is 0.226 e. The fraction of sp³-hybridized carbons (Fsp3) is 0.667. The molecule has 0 amide bonds. The average molecular weight is 264 g/mol. The molecule has 2 aromatic heterocycles. The Balaban J connectivity index is 1.87. The first-order valence-electron chi connectivity index (χ1n) is 6.72. The molecule has 0 aliphatic rings. The molecule has 7 nitrogen and oxygen atoms in total. The minimum absolute atomic E-state index is 0.497. The van der Waals surface area contributed by atoms with Crippen LogP contribution in [0.5, 0.6) is 0 Å². The molecule has 2 N–H and O–H groups in total. The second kappa shape index (κ2) is 6.98. The summed E-state index contributed by atoms with van der Waals surface area (Å²) in [4.78, 5) is 4.30. The van der Waals surface area contributed by atoms with Crippen LogP contribution in [0, 0.1) is 0 Å². The molecule has 0 fully saturated rings. The van der Waals surface area contributed by atoms with Gasteiger partial charge in [-0.2, -0.15) is 4.98 Å². The Morgan fingerprint density at radius 3 is 3.00 bits per heavy atom. The summed E-state index contributed by atoms with van der Waals surface area (Å²) in [6.07, 6.45) is 6.69. The van der Waals surface area contributed by atoms with Crippen molar-refractivity contribution in [1.82, 2.24) is 25.1 Å². The minimum atomic E-state index is 0.497. The number of hydrogen-bond donors (Lipinski definition) is 1. The van der Waals surface area contributed by atoms with E-state index >= 15 is 0 Å². The van der Waals surface area contributed by atoms with E-state index in [0.29, 0.717) is 18.3 Å². The van der Waals surface area contributed by atoms with E-state index in [2.05, 4.69) is 27.4 Å². The summed E-state index contributed by atoms with van der Waals surface area (Å²) in [5, 5.41) is 12.1. The van der Waals surface area contributed by atoms with Crippen molar-refractivity contribution < 1.29 is 4.52 Å². The fourth-order valence-electron chi connectivity index (χ4n) is 1.80. The van der Waals surface area contributed by atoms with Crippen LogP contribution in [0.15, 0.2) is 10.7 Å². The third-order valence-corrected chi connectivity index (χ3v) is 2.75. The highest BCUT2D eigenvalue weighted by atomic mass is 16.5. The summed E-state index contributed by atoms with van der Waals surface area (Å²) >= 11 is 0. The lowest BCUT2D eigenvalue weighted by Crippen LogP contribution is -2.02. The molecule has 2 rings (SSSR count). The fourth-order valence-corrected chi connectivity index (χ4v) is 1.80. The van der Waals surface area contributed by atoms with Crippen molar-refractivity contribution in [2.45, 2.75) is 45.6 Å². The molecule has 0 radical (unpaired) electrons. The lowest BCUT2D eigenvalue weighted by atomic mass is 10.2. The van der Waals surface area contributed by atoms with Crippen LogP contribution in [-0.4, -0.2) is 31.7 Å². The normalized spacial score (nSPS) is 11.1. The number of aryl methyl sites for hydroxylation is 2. The number of aromatic nitrogens is 5. The molecule has 0 saturated heterocycles. The number of nitrogens with zero attached hydrogens (tertiary/aromatic N) is 5. The predicted octanol–water partition coefficient (Wildman–Crippen LogP) is 0.943. The van der Waals surface area contributed by atoms with E-state index in [1.54, 1.807) is 4.68 Å². The van der Waals surface area contributed by atoms with Crippen molar-refractivity contribution in [3.05, 3.63) is 23.6 Å². The summed E-state index contributed by atoms with van der Waals surface area (Å²) in [5.74, 6) is 1.32. The lowest BCUT2D eigenvalue weighted by molar-refractivity contribution is 0.370. The number of nitrogens with two attached hydrogens (primary N) is 1. The Morgan fingerprint density at radius 2 is 2.21 bits per heavy atom. The van der Waals surface area contributed by atoms with Crippen LogP contribution in [0.2, 0.25) is 0 Å². The van der Waals surface area contributed by atoms with Crippen molar-refractivity contribution in [3.8, 4) is 0 Å². The quantitative estimate of drug-likeness (QED) is 0.713. The van der Waals surface area contributed by atoms with Crippen molar-refractivity contribution in [3.63, 3.8) is 0 Å². The van der Waals surface area contributed by atoms with E-state index < -0.39 is 0 Å². The van der Waals surface area contributed by atoms with Crippen LogP contribution in [0.1, 0.15) is 43.6 Å². The molecule has 7 heteroatoms. The Hall–Kier alpha value is -1.76. The van der Waals surface area contributed by atoms with Gasteiger partial charge in [0, 0.05) is 12.6 Å². The molecule has 0 unspecified atom stereocenters. The summed E-state index contributed by atoms with van der Waals surface area (Å²) < 4.78 is 6.86. The van der Waals surface area contributed by atoms with Gasteiger partial charge < -0.3 is 10.3 Å². The number of rotatable bonds is 8. The van der Waals surface area contributed by atoms with Crippen molar-refractivity contribution >= 4 is 0 Å². The van der Waals surface area contributed by atoms with Gasteiger partial charge in [0.2, 0.25) is 5.89 Å². The molecule has 0 spiro atoms. The lowest BCUT2D eigenvalue weighted by Gasteiger charge is -1.94. The van der Waals surface area contributed by atoms with Gasteiger partial charge in [-0.25, -0.2) is 4.68 Å². The number of hydrogen-bond acceptors (Lipinski definition) is 6. The molecular weight excluding hydrogens is 244 g/mol. The minimum Gasteiger partial charge on any atom is -0.339 e. The van der Waals surface area contributed by atoms with Gasteiger partial charge in [-0.1, -0.05) is 17.3 Å². The highest BCUT2D eigenvalue weighted by molar-refractivity contribution is 4.95. The molecule has 0 aliphatic carbocycles. The number of unbranched alkanes of at least 4 members (excludes halogenated alkanes) is 1. The Labute approximate surface area is 112 Å². The first-order valence-corrected chi connectivity index (χ1v) is 6.72. The predicted molar refractivity (Wildman–Crippen MR) is 69.4 cm³/mol. The van der Waals surface area contributed by atoms with Crippen LogP contribution in [0.25, 0.3) is 0 Å². The zero-order chi connectivity index (χ0) is 13.5. The summed E-state index contributed by atoms with van der Waals surface area (Å²) in [7, 11) is 0. The van der Waals surface area contributed by atoms with Gasteiger partial charge in [-0.15, -0.1) is 5.10 Å². The smallest absolute Gasteiger partial charge is 0.226 e. The molecule has 0 aliphatic heterocycles. The Morgan fingerprint density at radius 1 is 1.32 bits per heavy atom. The maximum atomic E-state index is 5.46. The summed E-state index contributed by atoms with van der Waals surface area (Å²) in [5.41, 5.74) is 6.44. The van der Waals surface area contributed by atoms with Gasteiger partial charge in [0.05, 0.1) is 5.69 Å². The van der Waals surface area contributed by atoms with E-state index in [0.717, 1.165) is 44.3 Å². The van der Waals surface area contributed by atoms with Crippen LogP contribution in [-0.2, 0) is 19.4 Å². The molecule has 0 atom stereocenters. The van der Waals surface area contributed by atoms with E-state index in [9.17, 15) is 0 Å². The molecule has 0 aromatic carbocycles. The van der Waals surface area contributed by atoms with Gasteiger partial charge in [-0.05, 0) is 32.2 Å². The van der Waals surface area contributed by atoms with Gasteiger partial charge >= 0.3 is 0 Å². The molecule has 0 saturated carbocycles. The van der Waals surface area contributed by atoms with Gasteiger partial charge in [0.25, 0.3) is 0 Å². The van der Waals surface area contributed by atoms with Crippen LogP contribution in [0.4, 0.5) is 0 Å². The van der Waals surface area contributed by atoms with Gasteiger partial charge in [0.1, 0.15) is 6.54 Å². The van der Waals surface area contributed by atoms with E-state index in [-0.39, 0.29) is 0 Å². The summed E-state index contributed by atoms with van der Waals surface area (Å²) in [6, 6.07) is 0. The van der Waals surface area contributed by atoms with E-state index in [1.165, 1.54) is 0 Å². The second-order valence-electron chi connectivity index (χ2n) is 4.51. The Bertz CT molecular complexity index is 492. The third-order valence-electron chi connectivity index (χ3n) is 2.75. The SMILES string of the molecule is CCCc1nc(Cn2cc(CCCCN)nn2)no1. The molecular formula is C12H20N6O. The average Bonchev–Trinajstić information content (AvgIpc) is 3.01. The van der Waals surface area contributed by atoms with Crippen LogP contribution < -0.4 is 5.73 Å². The van der Waals surface area contributed by atoms with Crippen molar-refractivity contribution in [1.29, 1.82) is 0 Å². The molecule has 2 aromatic rings. The topological polar surface area (TPSA) is 95.7 Å². The monoisotopic (exact) mass is 264 g/mol. The maximum absolute atomic E-state index is 5.46. The zero-order valence-corrected chi connectivity index (χ0v) is 11.2. The zero-order valence-electron chi connectivity index (χ0n) is 11.2. The highest BCUT2D eigenvalue weighted by Gasteiger charge is 2.07. The first kappa shape index (κ1) is 13.7. The second-order valence-corrected chi connectivity index (χ2v) is 4.51. The standard InChI is InChI=1S/C12H20N6O/c1-2-5-12-14-11(16-19-12)9-18-8-10(15-17-18)6-3-4-7-13/h8H,2-7,9,13H2,1H3. The van der Waals surface area contributed by atoms with Gasteiger partial charge in [0.15, 0.2) is 5.82 Å². The molecule has 104 valence electrons. The summed E-state index contributed by atoms with van der Waals surface area (Å²) in [6.45, 7) is 3.29. The van der Waals surface area contributed by atoms with Crippen LogP contribution in [0.3, 0.4) is 0 Å². The van der Waals surface area contributed by atoms with Gasteiger partial charge in [-0.3, -0.25) is 0 Å². The molecule has 0 bridgehead atoms. The van der Waals surface area contributed by atoms with E-state index in [4.69, 9.17) is 10.3 Å². The van der Waals surface area contributed by atoms with Crippen molar-refractivity contribution in [2.75, 3.05) is 6.54 Å². The largest absolute Gasteiger partial charge is 0.339 e. The van der Waals surface area contributed by atoms with Crippen molar-refractivity contribution in [2.24, 2.45) is 5.73 Å². The first-order chi connectivity index (χ1) is 9.31. The van der Waals surface area contributed by atoms with Crippen LogP contribution >= 0.6 is 0 Å². The van der Waals surface area contributed by atoms with E-state index in [1.807, 2.05) is 6.20 Å². The highest BCUT2D eigenvalue weighted by Crippen LogP contribution is 2.04. The molecule has 19 heavy (non-hydrogen) atoms. The Kier molecular flexibility index (Phi) is 5.02.